The summed E-state index contributed by atoms with van der Waals surface area (Å²) < 4.78 is 0. The number of hydrogen-bond donors (Lipinski definition) is 0. The zero-order valence-electron chi connectivity index (χ0n) is 33.1. The van der Waals surface area contributed by atoms with Gasteiger partial charge in [-0.1, -0.05) is 141 Å². The molecule has 0 radical (unpaired) electrons. The second-order valence-electron chi connectivity index (χ2n) is 17.2. The van der Waals surface area contributed by atoms with Crippen molar-refractivity contribution in [2.75, 3.05) is 14.7 Å². The Bertz CT molecular complexity index is 2920. The lowest BCUT2D eigenvalue weighted by Crippen LogP contribution is -2.64. The summed E-state index contributed by atoms with van der Waals surface area (Å²) in [5.74, 6) is 0. The highest BCUT2D eigenvalue weighted by molar-refractivity contribution is 7.00. The van der Waals surface area contributed by atoms with Gasteiger partial charge >= 0.3 is 0 Å². The molecule has 0 aromatic heterocycles. The summed E-state index contributed by atoms with van der Waals surface area (Å²) in [6.45, 7) is 5.23. The number of hydrogen-bond acceptors (Lipinski definition) is 3. The zero-order chi connectivity index (χ0) is 38.6. The fourth-order valence-corrected chi connectivity index (χ4v) is 11.5. The van der Waals surface area contributed by atoms with Gasteiger partial charge in [-0.15, -0.1) is 0 Å². The van der Waals surface area contributed by atoms with Crippen LogP contribution in [-0.4, -0.2) is 12.3 Å². The van der Waals surface area contributed by atoms with E-state index in [-0.39, 0.29) is 17.7 Å². The molecule has 8 aromatic rings. The first-order valence-corrected chi connectivity index (χ1v) is 21.0. The lowest BCUT2D eigenvalue weighted by atomic mass is 9.33. The highest BCUT2D eigenvalue weighted by Gasteiger charge is 2.61. The average Bonchev–Trinajstić information content (AvgIpc) is 3.49. The molecule has 12 rings (SSSR count). The maximum absolute atomic E-state index is 2.80. The second kappa shape index (κ2) is 12.5. The van der Waals surface area contributed by atoms with E-state index in [0.717, 1.165) is 17.1 Å². The molecule has 3 nitrogen and oxygen atoms in total. The molecule has 3 heterocycles. The van der Waals surface area contributed by atoms with Gasteiger partial charge in [0.1, 0.15) is 0 Å². The maximum atomic E-state index is 2.80. The van der Waals surface area contributed by atoms with Crippen molar-refractivity contribution in [2.45, 2.75) is 50.5 Å². The molecule has 4 heteroatoms. The summed E-state index contributed by atoms with van der Waals surface area (Å²) in [5.41, 5.74) is 18.2. The van der Waals surface area contributed by atoms with Crippen LogP contribution in [-0.2, 0) is 5.41 Å². The van der Waals surface area contributed by atoms with Crippen molar-refractivity contribution in [3.8, 4) is 11.1 Å². The topological polar surface area (TPSA) is 9.72 Å². The molecule has 3 aliphatic heterocycles. The Morgan fingerprint density at radius 3 is 2.10 bits per heavy atom. The minimum absolute atomic E-state index is 0.0161. The van der Waals surface area contributed by atoms with Gasteiger partial charge in [0.2, 0.25) is 0 Å². The largest absolute Gasteiger partial charge is 0.335 e. The van der Waals surface area contributed by atoms with Gasteiger partial charge in [0, 0.05) is 50.9 Å². The quantitative estimate of drug-likeness (QED) is 0.162. The van der Waals surface area contributed by atoms with Crippen LogP contribution in [0.1, 0.15) is 45.1 Å². The molecule has 1 fully saturated rings. The molecule has 0 saturated heterocycles. The Balaban J connectivity index is 1.09. The van der Waals surface area contributed by atoms with Crippen molar-refractivity contribution in [3.05, 3.63) is 188 Å². The predicted octanol–water partition coefficient (Wildman–Crippen LogP) is 12.3. The van der Waals surface area contributed by atoms with Gasteiger partial charge in [-0.3, -0.25) is 0 Å². The number of nitrogens with zero attached hydrogens (tertiary/aromatic N) is 3. The molecule has 0 N–H and O–H groups in total. The standard InChI is InChI=1S/C54H44BN3/c1-53-33-11-12-34-54(53,2)58-49-30-16-29-48-51(49)55(47-28-15-27-45(53)52(47)58)46-32-31-42(36-50(46)57(48)40-22-7-4-8-23-40)56(39-20-5-3-6-21-39)41-24-13-19-38(35-41)44-26-14-18-37-17-9-10-25-43(37)44/h3-10,13-32,35-36H,11-12,33-34H2,1-2H3. The van der Waals surface area contributed by atoms with Crippen molar-refractivity contribution in [1.29, 1.82) is 0 Å². The van der Waals surface area contributed by atoms with Crippen LogP contribution in [0, 0.1) is 0 Å². The van der Waals surface area contributed by atoms with Gasteiger partial charge in [0.15, 0.2) is 0 Å². The molecule has 2 unspecified atom stereocenters. The van der Waals surface area contributed by atoms with E-state index < -0.39 is 0 Å². The first kappa shape index (κ1) is 33.6. The van der Waals surface area contributed by atoms with Crippen molar-refractivity contribution in [3.63, 3.8) is 0 Å². The van der Waals surface area contributed by atoms with Crippen LogP contribution in [0.15, 0.2) is 182 Å². The lowest BCUT2D eigenvalue weighted by Gasteiger charge is -2.52. The van der Waals surface area contributed by atoms with E-state index in [1.807, 2.05) is 0 Å². The molecule has 0 amide bonds. The Kier molecular flexibility index (Phi) is 7.24. The molecule has 1 aliphatic carbocycles. The Morgan fingerprint density at radius 1 is 0.534 bits per heavy atom. The highest BCUT2D eigenvalue weighted by Crippen LogP contribution is 2.61. The van der Waals surface area contributed by atoms with Gasteiger partial charge < -0.3 is 14.7 Å². The Labute approximate surface area is 341 Å². The SMILES string of the molecule is CC12CCCCC1(C)N1c3cccc4c3B(c3ccc(N(c5ccccc5)c5cccc(-c6cccc7ccccc67)c5)cc3N4c3ccccc3)c3cccc2c31. The fourth-order valence-electron chi connectivity index (χ4n) is 11.5. The molecular weight excluding hydrogens is 701 g/mol. The van der Waals surface area contributed by atoms with Crippen LogP contribution >= 0.6 is 0 Å². The molecule has 8 aromatic carbocycles. The first-order valence-electron chi connectivity index (χ1n) is 21.0. The summed E-state index contributed by atoms with van der Waals surface area (Å²) in [6, 6.07) is 67.8. The molecule has 58 heavy (non-hydrogen) atoms. The van der Waals surface area contributed by atoms with Gasteiger partial charge in [-0.25, -0.2) is 0 Å². The van der Waals surface area contributed by atoms with Crippen molar-refractivity contribution in [2.24, 2.45) is 0 Å². The number of fused-ring (bicyclic) bond motifs is 8. The minimum Gasteiger partial charge on any atom is -0.335 e. The average molecular weight is 746 g/mol. The Morgan fingerprint density at radius 2 is 1.22 bits per heavy atom. The van der Waals surface area contributed by atoms with E-state index >= 15 is 0 Å². The van der Waals surface area contributed by atoms with Gasteiger partial charge in [0.05, 0.1) is 5.54 Å². The van der Waals surface area contributed by atoms with Crippen LogP contribution in [0.5, 0.6) is 0 Å². The number of para-hydroxylation sites is 3. The third-order valence-electron chi connectivity index (χ3n) is 14.4. The summed E-state index contributed by atoms with van der Waals surface area (Å²) in [4.78, 5) is 7.77. The molecule has 0 spiro atoms. The van der Waals surface area contributed by atoms with Gasteiger partial charge in [-0.05, 0) is 124 Å². The third kappa shape index (κ3) is 4.57. The fraction of sp³-hybridized carbons (Fsp3) is 0.148. The molecule has 4 aliphatic rings. The van der Waals surface area contributed by atoms with Crippen molar-refractivity contribution >= 4 is 79.4 Å². The van der Waals surface area contributed by atoms with Gasteiger partial charge in [-0.2, -0.15) is 0 Å². The molecule has 278 valence electrons. The van der Waals surface area contributed by atoms with E-state index in [4.69, 9.17) is 0 Å². The second-order valence-corrected chi connectivity index (χ2v) is 17.2. The summed E-state index contributed by atoms with van der Waals surface area (Å²) in [5, 5.41) is 2.51. The third-order valence-corrected chi connectivity index (χ3v) is 14.4. The molecule has 2 atom stereocenters. The minimum atomic E-state index is 0.0161. The predicted molar refractivity (Wildman–Crippen MR) is 246 cm³/mol. The van der Waals surface area contributed by atoms with Crippen LogP contribution in [0.3, 0.4) is 0 Å². The van der Waals surface area contributed by atoms with E-state index in [9.17, 15) is 0 Å². The van der Waals surface area contributed by atoms with Crippen molar-refractivity contribution < 1.29 is 0 Å². The monoisotopic (exact) mass is 745 g/mol. The van der Waals surface area contributed by atoms with Crippen molar-refractivity contribution in [1.82, 2.24) is 0 Å². The smallest absolute Gasteiger partial charge is 0.252 e. The normalized spacial score (nSPS) is 19.7. The highest BCUT2D eigenvalue weighted by atomic mass is 15.3. The van der Waals surface area contributed by atoms with E-state index in [2.05, 4.69) is 211 Å². The van der Waals surface area contributed by atoms with E-state index in [1.54, 1.807) is 0 Å². The maximum Gasteiger partial charge on any atom is 0.252 e. The van der Waals surface area contributed by atoms with E-state index in [0.29, 0.717) is 0 Å². The van der Waals surface area contributed by atoms with Crippen LogP contribution in [0.4, 0.5) is 45.5 Å². The number of anilines is 8. The lowest BCUT2D eigenvalue weighted by molar-refractivity contribution is 0.195. The number of rotatable bonds is 5. The summed E-state index contributed by atoms with van der Waals surface area (Å²) >= 11 is 0. The molecule has 1 saturated carbocycles. The van der Waals surface area contributed by atoms with Gasteiger partial charge in [0.25, 0.3) is 6.71 Å². The Hall–Kier alpha value is -6.52. The summed E-state index contributed by atoms with van der Waals surface area (Å²) in [7, 11) is 0. The van der Waals surface area contributed by atoms with Crippen LogP contribution in [0.25, 0.3) is 21.9 Å². The molecular formula is C54H44BN3. The zero-order valence-corrected chi connectivity index (χ0v) is 33.1. The van der Waals surface area contributed by atoms with Crippen LogP contribution < -0.4 is 31.1 Å². The van der Waals surface area contributed by atoms with E-state index in [1.165, 1.54) is 98.0 Å². The van der Waals surface area contributed by atoms with Crippen LogP contribution in [0.2, 0.25) is 0 Å². The molecule has 0 bridgehead atoms. The summed E-state index contributed by atoms with van der Waals surface area (Å²) in [6.07, 6.45) is 4.99. The number of benzene rings is 8. The first-order chi connectivity index (χ1) is 28.5.